The lowest BCUT2D eigenvalue weighted by Gasteiger charge is -2.21. The van der Waals surface area contributed by atoms with Crippen molar-refractivity contribution in [1.29, 1.82) is 0 Å². The van der Waals surface area contributed by atoms with E-state index < -0.39 is 0 Å². The van der Waals surface area contributed by atoms with Crippen LogP contribution >= 0.6 is 11.3 Å². The second-order valence-corrected chi connectivity index (χ2v) is 4.56. The molecule has 0 saturated carbocycles. The zero-order valence-electron chi connectivity index (χ0n) is 9.63. The van der Waals surface area contributed by atoms with Crippen LogP contribution in [0.15, 0.2) is 30.3 Å². The standard InChI is InChI=1S/C11H15N5S/c1-2-16(9-6-4-3-5-7-9)8-10-14-15-11(13-12)17-10/h3-7H,2,8,12H2,1H3,(H,13,15). The third kappa shape index (κ3) is 2.92. The van der Waals surface area contributed by atoms with Gasteiger partial charge in [-0.05, 0) is 19.1 Å². The minimum absolute atomic E-state index is 0.643. The monoisotopic (exact) mass is 249 g/mol. The van der Waals surface area contributed by atoms with E-state index in [4.69, 9.17) is 5.84 Å². The second kappa shape index (κ2) is 5.60. The van der Waals surface area contributed by atoms with Gasteiger partial charge >= 0.3 is 0 Å². The molecule has 0 aliphatic carbocycles. The molecule has 0 spiro atoms. The molecule has 0 amide bonds. The Morgan fingerprint density at radius 1 is 1.29 bits per heavy atom. The molecule has 1 aromatic carbocycles. The number of hydrogen-bond acceptors (Lipinski definition) is 6. The molecular weight excluding hydrogens is 234 g/mol. The average Bonchev–Trinajstić information content (AvgIpc) is 2.84. The van der Waals surface area contributed by atoms with Crippen molar-refractivity contribution in [3.8, 4) is 0 Å². The number of nitrogen functional groups attached to an aromatic ring is 1. The van der Waals surface area contributed by atoms with Crippen LogP contribution in [0, 0.1) is 0 Å². The first kappa shape index (κ1) is 11.8. The number of hydrazine groups is 1. The third-order valence-corrected chi connectivity index (χ3v) is 3.26. The van der Waals surface area contributed by atoms with Gasteiger partial charge in [0, 0.05) is 12.2 Å². The van der Waals surface area contributed by atoms with Gasteiger partial charge in [-0.15, -0.1) is 10.2 Å². The summed E-state index contributed by atoms with van der Waals surface area (Å²) in [6, 6.07) is 10.3. The lowest BCUT2D eigenvalue weighted by atomic mass is 10.3. The Bertz CT molecular complexity index is 456. The van der Waals surface area contributed by atoms with Crippen molar-refractivity contribution in [3.05, 3.63) is 35.3 Å². The fourth-order valence-corrected chi connectivity index (χ4v) is 2.23. The minimum atomic E-state index is 0.643. The average molecular weight is 249 g/mol. The molecule has 17 heavy (non-hydrogen) atoms. The van der Waals surface area contributed by atoms with Gasteiger partial charge in [0.2, 0.25) is 5.13 Å². The lowest BCUT2D eigenvalue weighted by Crippen LogP contribution is -2.21. The zero-order chi connectivity index (χ0) is 12.1. The van der Waals surface area contributed by atoms with E-state index in [2.05, 4.69) is 39.6 Å². The molecule has 0 saturated heterocycles. The largest absolute Gasteiger partial charge is 0.365 e. The smallest absolute Gasteiger partial charge is 0.219 e. The van der Waals surface area contributed by atoms with Crippen LogP contribution in [0.4, 0.5) is 10.8 Å². The van der Waals surface area contributed by atoms with Gasteiger partial charge < -0.3 is 4.90 Å². The Morgan fingerprint density at radius 2 is 2.06 bits per heavy atom. The highest BCUT2D eigenvalue weighted by atomic mass is 32.1. The molecule has 0 atom stereocenters. The summed E-state index contributed by atoms with van der Waals surface area (Å²) in [6.07, 6.45) is 0. The van der Waals surface area contributed by atoms with Gasteiger partial charge in [-0.25, -0.2) is 5.84 Å². The molecule has 1 aromatic heterocycles. The highest BCUT2D eigenvalue weighted by Gasteiger charge is 2.08. The molecule has 5 nitrogen and oxygen atoms in total. The molecule has 0 aliphatic heterocycles. The van der Waals surface area contributed by atoms with Crippen molar-refractivity contribution in [1.82, 2.24) is 10.2 Å². The predicted molar refractivity (Wildman–Crippen MR) is 70.9 cm³/mol. The number of nitrogens with two attached hydrogens (primary N) is 1. The van der Waals surface area contributed by atoms with Gasteiger partial charge in [-0.3, -0.25) is 5.43 Å². The predicted octanol–water partition coefficient (Wildman–Crippen LogP) is 1.85. The highest BCUT2D eigenvalue weighted by Crippen LogP contribution is 2.20. The number of benzene rings is 1. The topological polar surface area (TPSA) is 67.1 Å². The van der Waals surface area contributed by atoms with Crippen molar-refractivity contribution < 1.29 is 0 Å². The summed E-state index contributed by atoms with van der Waals surface area (Å²) in [7, 11) is 0. The van der Waals surface area contributed by atoms with Gasteiger partial charge in [-0.1, -0.05) is 29.5 Å². The molecule has 0 radical (unpaired) electrons. The Morgan fingerprint density at radius 3 is 2.65 bits per heavy atom. The van der Waals surface area contributed by atoms with Crippen LogP contribution in [0.5, 0.6) is 0 Å². The fraction of sp³-hybridized carbons (Fsp3) is 0.273. The lowest BCUT2D eigenvalue weighted by molar-refractivity contribution is 0.811. The van der Waals surface area contributed by atoms with Gasteiger partial charge in [0.1, 0.15) is 5.01 Å². The number of nitrogens with one attached hydrogen (secondary N) is 1. The number of nitrogens with zero attached hydrogens (tertiary/aromatic N) is 3. The summed E-state index contributed by atoms with van der Waals surface area (Å²) in [5.41, 5.74) is 3.69. The van der Waals surface area contributed by atoms with Crippen molar-refractivity contribution in [2.24, 2.45) is 5.84 Å². The van der Waals surface area contributed by atoms with E-state index in [1.807, 2.05) is 18.2 Å². The summed E-state index contributed by atoms with van der Waals surface area (Å²) in [5.74, 6) is 5.28. The molecule has 3 N–H and O–H groups in total. The molecule has 0 fully saturated rings. The first-order valence-corrected chi connectivity index (χ1v) is 6.24. The summed E-state index contributed by atoms with van der Waals surface area (Å²) in [5, 5.41) is 9.60. The minimum Gasteiger partial charge on any atom is -0.365 e. The Balaban J connectivity index is 2.10. The third-order valence-electron chi connectivity index (χ3n) is 2.42. The summed E-state index contributed by atoms with van der Waals surface area (Å²) < 4.78 is 0. The van der Waals surface area contributed by atoms with E-state index in [-0.39, 0.29) is 0 Å². The maximum absolute atomic E-state index is 5.28. The number of aromatic nitrogens is 2. The Kier molecular flexibility index (Phi) is 3.89. The van der Waals surface area contributed by atoms with Crippen LogP contribution < -0.4 is 16.2 Å². The molecule has 2 aromatic rings. The summed E-state index contributed by atoms with van der Waals surface area (Å²) in [4.78, 5) is 2.24. The van der Waals surface area contributed by atoms with Crippen molar-refractivity contribution in [3.63, 3.8) is 0 Å². The van der Waals surface area contributed by atoms with Gasteiger partial charge in [0.05, 0.1) is 6.54 Å². The van der Waals surface area contributed by atoms with Crippen LogP contribution in [-0.2, 0) is 6.54 Å². The van der Waals surface area contributed by atoms with E-state index in [9.17, 15) is 0 Å². The zero-order valence-corrected chi connectivity index (χ0v) is 10.4. The van der Waals surface area contributed by atoms with E-state index in [0.29, 0.717) is 5.13 Å². The quantitative estimate of drug-likeness (QED) is 0.625. The SMILES string of the molecule is CCN(Cc1nnc(NN)s1)c1ccccc1. The van der Waals surface area contributed by atoms with Crippen LogP contribution in [0.3, 0.4) is 0 Å². The summed E-state index contributed by atoms with van der Waals surface area (Å²) in [6.45, 7) is 3.80. The molecule has 90 valence electrons. The van der Waals surface area contributed by atoms with Crippen LogP contribution in [0.1, 0.15) is 11.9 Å². The summed E-state index contributed by atoms with van der Waals surface area (Å²) >= 11 is 1.47. The fourth-order valence-electron chi connectivity index (χ4n) is 1.56. The maximum Gasteiger partial charge on any atom is 0.219 e. The van der Waals surface area contributed by atoms with E-state index in [0.717, 1.165) is 18.1 Å². The molecule has 2 rings (SSSR count). The van der Waals surface area contributed by atoms with E-state index in [1.165, 1.54) is 17.0 Å². The van der Waals surface area contributed by atoms with Crippen LogP contribution in [-0.4, -0.2) is 16.7 Å². The van der Waals surface area contributed by atoms with Gasteiger partial charge in [0.15, 0.2) is 0 Å². The molecule has 0 aliphatic rings. The maximum atomic E-state index is 5.28. The van der Waals surface area contributed by atoms with Gasteiger partial charge in [0.25, 0.3) is 0 Å². The molecule has 0 unspecified atom stereocenters. The Labute approximate surface area is 104 Å². The van der Waals surface area contributed by atoms with E-state index in [1.54, 1.807) is 0 Å². The number of hydrogen-bond donors (Lipinski definition) is 2. The molecule has 1 heterocycles. The Hall–Kier alpha value is -1.66. The second-order valence-electron chi connectivity index (χ2n) is 3.50. The highest BCUT2D eigenvalue weighted by molar-refractivity contribution is 7.15. The first-order valence-electron chi connectivity index (χ1n) is 5.42. The van der Waals surface area contributed by atoms with Crippen LogP contribution in [0.25, 0.3) is 0 Å². The molecule has 0 bridgehead atoms. The van der Waals surface area contributed by atoms with Crippen molar-refractivity contribution >= 4 is 22.2 Å². The molecule has 6 heteroatoms. The molecular formula is C11H15N5S. The first-order chi connectivity index (χ1) is 8.33. The van der Waals surface area contributed by atoms with Crippen molar-refractivity contribution in [2.75, 3.05) is 16.9 Å². The van der Waals surface area contributed by atoms with Gasteiger partial charge in [-0.2, -0.15) is 0 Å². The number of para-hydroxylation sites is 1. The van der Waals surface area contributed by atoms with Crippen LogP contribution in [0.2, 0.25) is 0 Å². The number of anilines is 2. The van der Waals surface area contributed by atoms with Crippen molar-refractivity contribution in [2.45, 2.75) is 13.5 Å². The normalized spacial score (nSPS) is 10.2. The number of rotatable bonds is 5. The van der Waals surface area contributed by atoms with E-state index >= 15 is 0 Å².